The Labute approximate surface area is 111 Å². The monoisotopic (exact) mass is 254 g/mol. The molecular weight excluding hydrogens is 228 g/mol. The first-order valence-electron chi connectivity index (χ1n) is 6.31. The van der Waals surface area contributed by atoms with Crippen LogP contribution in [-0.2, 0) is 9.53 Å². The first kappa shape index (κ1) is 19.0. The van der Waals surface area contributed by atoms with Gasteiger partial charge in [0.1, 0.15) is 0 Å². The maximum atomic E-state index is 9.25. The van der Waals surface area contributed by atoms with Crippen molar-refractivity contribution < 1.29 is 14.6 Å². The molecule has 0 aliphatic rings. The molecule has 18 heavy (non-hydrogen) atoms. The zero-order valence-electron chi connectivity index (χ0n) is 11.6. The summed E-state index contributed by atoms with van der Waals surface area (Å²) in [6.45, 7) is 14.8. The summed E-state index contributed by atoms with van der Waals surface area (Å²) in [7, 11) is 0. The van der Waals surface area contributed by atoms with Crippen LogP contribution in [0.5, 0.6) is 0 Å². The van der Waals surface area contributed by atoms with E-state index in [1.807, 2.05) is 12.2 Å². The highest BCUT2D eigenvalue weighted by Crippen LogP contribution is 2.11. The van der Waals surface area contributed by atoms with Crippen LogP contribution in [0.25, 0.3) is 0 Å². The summed E-state index contributed by atoms with van der Waals surface area (Å²) in [5.41, 5.74) is 0. The first-order valence-corrected chi connectivity index (χ1v) is 6.31. The standard InChI is InChI=1S/C12H22O.C3H4O2/c1-5-9-11(7-3)13-12(8-4)10-6-2;1-2-3(4)5/h7-8,11-12H,3-6,9-10H2,1-2H3;2H,1H2,(H,4,5). The van der Waals surface area contributed by atoms with Gasteiger partial charge < -0.3 is 9.84 Å². The Kier molecular flexibility index (Phi) is 14.5. The molecule has 0 amide bonds. The van der Waals surface area contributed by atoms with Gasteiger partial charge in [-0.3, -0.25) is 0 Å². The first-order chi connectivity index (χ1) is 8.55. The second-order valence-electron chi connectivity index (χ2n) is 3.80. The zero-order chi connectivity index (χ0) is 14.4. The van der Waals surface area contributed by atoms with Crippen LogP contribution in [0.4, 0.5) is 0 Å². The van der Waals surface area contributed by atoms with E-state index in [9.17, 15) is 4.79 Å². The van der Waals surface area contributed by atoms with E-state index >= 15 is 0 Å². The number of hydrogen-bond acceptors (Lipinski definition) is 2. The average molecular weight is 254 g/mol. The molecule has 0 fully saturated rings. The quantitative estimate of drug-likeness (QED) is 0.500. The fourth-order valence-corrected chi connectivity index (χ4v) is 1.28. The molecule has 0 rings (SSSR count). The highest BCUT2D eigenvalue weighted by molar-refractivity contribution is 5.78. The van der Waals surface area contributed by atoms with Crippen molar-refractivity contribution in [2.24, 2.45) is 0 Å². The molecule has 3 heteroatoms. The summed E-state index contributed by atoms with van der Waals surface area (Å²) in [5.74, 6) is -0.981. The zero-order valence-corrected chi connectivity index (χ0v) is 11.6. The third-order valence-corrected chi connectivity index (χ3v) is 2.20. The Balaban J connectivity index is 0. The van der Waals surface area contributed by atoms with Crippen molar-refractivity contribution in [3.63, 3.8) is 0 Å². The van der Waals surface area contributed by atoms with Crippen LogP contribution < -0.4 is 0 Å². The molecule has 0 bridgehead atoms. The highest BCUT2D eigenvalue weighted by atomic mass is 16.5. The van der Waals surface area contributed by atoms with Gasteiger partial charge in [-0.15, -0.1) is 13.2 Å². The van der Waals surface area contributed by atoms with Gasteiger partial charge >= 0.3 is 5.97 Å². The van der Waals surface area contributed by atoms with Crippen LogP contribution in [0, 0.1) is 0 Å². The van der Waals surface area contributed by atoms with E-state index in [4.69, 9.17) is 9.84 Å². The fourth-order valence-electron chi connectivity index (χ4n) is 1.28. The van der Waals surface area contributed by atoms with E-state index in [0.717, 1.165) is 31.8 Å². The molecule has 2 unspecified atom stereocenters. The molecule has 0 aliphatic heterocycles. The molecule has 1 N–H and O–H groups in total. The van der Waals surface area contributed by atoms with Gasteiger partial charge in [0, 0.05) is 6.08 Å². The number of carbonyl (C=O) groups is 1. The lowest BCUT2D eigenvalue weighted by molar-refractivity contribution is -0.131. The molecule has 0 radical (unpaired) electrons. The lowest BCUT2D eigenvalue weighted by atomic mass is 10.1. The molecule has 0 aromatic heterocycles. The summed E-state index contributed by atoms with van der Waals surface area (Å²) in [6, 6.07) is 0. The van der Waals surface area contributed by atoms with Gasteiger partial charge in [-0.2, -0.15) is 0 Å². The Morgan fingerprint density at radius 2 is 1.44 bits per heavy atom. The van der Waals surface area contributed by atoms with Crippen LogP contribution >= 0.6 is 0 Å². The van der Waals surface area contributed by atoms with E-state index in [-0.39, 0.29) is 12.2 Å². The van der Waals surface area contributed by atoms with Crippen LogP contribution in [-0.4, -0.2) is 23.3 Å². The minimum Gasteiger partial charge on any atom is -0.478 e. The summed E-state index contributed by atoms with van der Waals surface area (Å²) in [4.78, 5) is 9.25. The fraction of sp³-hybridized carbons (Fsp3) is 0.533. The largest absolute Gasteiger partial charge is 0.478 e. The van der Waals surface area contributed by atoms with Crippen molar-refractivity contribution in [2.45, 2.75) is 51.7 Å². The van der Waals surface area contributed by atoms with Gasteiger partial charge in [-0.05, 0) is 12.8 Å². The number of ether oxygens (including phenoxy) is 1. The molecule has 3 nitrogen and oxygen atoms in total. The highest BCUT2D eigenvalue weighted by Gasteiger charge is 2.09. The smallest absolute Gasteiger partial charge is 0.327 e. The molecule has 0 saturated carbocycles. The predicted octanol–water partition coefficient (Wildman–Crippen LogP) is 3.97. The van der Waals surface area contributed by atoms with Gasteiger partial charge in [-0.1, -0.05) is 45.4 Å². The van der Waals surface area contributed by atoms with Crippen LogP contribution in [0.2, 0.25) is 0 Å². The second-order valence-corrected chi connectivity index (χ2v) is 3.80. The Morgan fingerprint density at radius 1 is 1.11 bits per heavy atom. The average Bonchev–Trinajstić information content (AvgIpc) is 2.37. The SMILES string of the molecule is C=CC(=O)O.C=CC(CCC)OC(C=C)CCC. The minimum absolute atomic E-state index is 0.194. The molecule has 0 aliphatic carbocycles. The summed E-state index contributed by atoms with van der Waals surface area (Å²) < 4.78 is 5.79. The lowest BCUT2D eigenvalue weighted by Gasteiger charge is -2.19. The van der Waals surface area contributed by atoms with Crippen LogP contribution in [0.3, 0.4) is 0 Å². The predicted molar refractivity (Wildman–Crippen MR) is 76.7 cm³/mol. The maximum Gasteiger partial charge on any atom is 0.327 e. The molecule has 104 valence electrons. The topological polar surface area (TPSA) is 46.5 Å². The van der Waals surface area contributed by atoms with Gasteiger partial charge in [-0.25, -0.2) is 4.79 Å². The van der Waals surface area contributed by atoms with E-state index < -0.39 is 5.97 Å². The molecule has 0 heterocycles. The van der Waals surface area contributed by atoms with Gasteiger partial charge in [0.2, 0.25) is 0 Å². The summed E-state index contributed by atoms with van der Waals surface area (Å²) in [5, 5.41) is 7.60. The maximum absolute atomic E-state index is 9.25. The van der Waals surface area contributed by atoms with Crippen LogP contribution in [0.1, 0.15) is 39.5 Å². The van der Waals surface area contributed by atoms with E-state index in [1.165, 1.54) is 0 Å². The van der Waals surface area contributed by atoms with Crippen molar-refractivity contribution >= 4 is 5.97 Å². The third kappa shape index (κ3) is 12.7. The number of carboxylic acid groups (broad SMARTS) is 1. The summed E-state index contributed by atoms with van der Waals surface area (Å²) in [6.07, 6.45) is 9.36. The van der Waals surface area contributed by atoms with Crippen LogP contribution in [0.15, 0.2) is 38.0 Å². The van der Waals surface area contributed by atoms with Gasteiger partial charge in [0.05, 0.1) is 12.2 Å². The van der Waals surface area contributed by atoms with E-state index in [1.54, 1.807) is 0 Å². The molecule has 0 saturated heterocycles. The molecule has 2 atom stereocenters. The Bertz CT molecular complexity index is 230. The number of carboxylic acids is 1. The number of rotatable bonds is 9. The number of hydrogen-bond donors (Lipinski definition) is 1. The van der Waals surface area contributed by atoms with Gasteiger partial charge in [0.25, 0.3) is 0 Å². The minimum atomic E-state index is -0.981. The van der Waals surface area contributed by atoms with E-state index in [0.29, 0.717) is 0 Å². The lowest BCUT2D eigenvalue weighted by Crippen LogP contribution is -2.18. The van der Waals surface area contributed by atoms with Gasteiger partial charge in [0.15, 0.2) is 0 Å². The van der Waals surface area contributed by atoms with Crippen molar-refractivity contribution in [3.05, 3.63) is 38.0 Å². The molecule has 0 aromatic carbocycles. The Hall–Kier alpha value is -1.35. The second kappa shape index (κ2) is 13.7. The van der Waals surface area contributed by atoms with Crippen molar-refractivity contribution in [2.75, 3.05) is 0 Å². The summed E-state index contributed by atoms with van der Waals surface area (Å²) >= 11 is 0. The molecule has 0 aromatic rings. The van der Waals surface area contributed by atoms with Crippen molar-refractivity contribution in [3.8, 4) is 0 Å². The van der Waals surface area contributed by atoms with E-state index in [2.05, 4.69) is 33.6 Å². The third-order valence-electron chi connectivity index (χ3n) is 2.20. The Morgan fingerprint density at radius 3 is 1.61 bits per heavy atom. The molecule has 0 spiro atoms. The van der Waals surface area contributed by atoms with Crippen molar-refractivity contribution in [1.82, 2.24) is 0 Å². The number of aliphatic carboxylic acids is 1. The normalized spacial score (nSPS) is 12.6. The van der Waals surface area contributed by atoms with Crippen molar-refractivity contribution in [1.29, 1.82) is 0 Å². The molecular formula is C15H26O3.